The zero-order chi connectivity index (χ0) is 15.7. The lowest BCUT2D eigenvalue weighted by molar-refractivity contribution is 0.143. The summed E-state index contributed by atoms with van der Waals surface area (Å²) in [6.07, 6.45) is 1.04. The maximum absolute atomic E-state index is 6.08. The van der Waals surface area contributed by atoms with Gasteiger partial charge in [-0.3, -0.25) is 4.90 Å². The molecule has 0 aliphatic carbocycles. The van der Waals surface area contributed by atoms with Crippen LogP contribution >= 0.6 is 0 Å². The predicted octanol–water partition coefficient (Wildman–Crippen LogP) is 4.09. The van der Waals surface area contributed by atoms with Crippen LogP contribution in [0.15, 0.2) is 34.9 Å². The van der Waals surface area contributed by atoms with E-state index in [0.717, 1.165) is 50.5 Å². The summed E-state index contributed by atoms with van der Waals surface area (Å²) in [5.74, 6) is 1.08. The summed E-state index contributed by atoms with van der Waals surface area (Å²) in [5, 5.41) is 1.23. The Morgan fingerprint density at radius 1 is 1.14 bits per heavy atom. The first-order valence-electron chi connectivity index (χ1n) is 8.21. The van der Waals surface area contributed by atoms with E-state index in [2.05, 4.69) is 55.3 Å². The van der Waals surface area contributed by atoms with Gasteiger partial charge in [-0.2, -0.15) is 0 Å². The molecular weight excluding hydrogens is 272 g/mol. The van der Waals surface area contributed by atoms with Crippen molar-refractivity contribution in [1.82, 2.24) is 9.80 Å². The van der Waals surface area contributed by atoms with Crippen molar-refractivity contribution in [1.29, 1.82) is 0 Å². The number of aryl methyl sites for hydroxylation is 2. The highest BCUT2D eigenvalue weighted by Gasteiger charge is 2.18. The van der Waals surface area contributed by atoms with Crippen LogP contribution in [0.2, 0.25) is 0 Å². The van der Waals surface area contributed by atoms with Gasteiger partial charge in [0.2, 0.25) is 0 Å². The molecule has 2 heterocycles. The van der Waals surface area contributed by atoms with E-state index in [0.29, 0.717) is 0 Å². The summed E-state index contributed by atoms with van der Waals surface area (Å²) < 4.78 is 6.08. The Labute approximate surface area is 133 Å². The Balaban J connectivity index is 1.67. The number of furan rings is 1. The van der Waals surface area contributed by atoms with E-state index in [9.17, 15) is 0 Å². The molecule has 1 aliphatic heterocycles. The largest absolute Gasteiger partial charge is 0.459 e. The zero-order valence-corrected chi connectivity index (χ0v) is 14.0. The van der Waals surface area contributed by atoms with Crippen LogP contribution in [0.1, 0.15) is 30.2 Å². The van der Waals surface area contributed by atoms with Crippen LogP contribution in [0.25, 0.3) is 11.0 Å². The van der Waals surface area contributed by atoms with Gasteiger partial charge in [0.1, 0.15) is 11.3 Å². The number of nitrogens with zero attached hydrogens (tertiary/aromatic N) is 2. The lowest BCUT2D eigenvalue weighted by Crippen LogP contribution is -2.45. The van der Waals surface area contributed by atoms with E-state index in [1.54, 1.807) is 0 Å². The highest BCUT2D eigenvalue weighted by Crippen LogP contribution is 2.25. The Hall–Kier alpha value is -1.74. The summed E-state index contributed by atoms with van der Waals surface area (Å²) in [5.41, 5.74) is 4.82. The summed E-state index contributed by atoms with van der Waals surface area (Å²) in [7, 11) is 0. The number of hydrogen-bond donors (Lipinski definition) is 0. The van der Waals surface area contributed by atoms with Gasteiger partial charge in [-0.15, -0.1) is 0 Å². The molecule has 0 amide bonds. The van der Waals surface area contributed by atoms with Crippen molar-refractivity contribution in [2.45, 2.75) is 33.7 Å². The summed E-state index contributed by atoms with van der Waals surface area (Å²) in [6, 6.07) is 6.59. The average molecular weight is 298 g/mol. The van der Waals surface area contributed by atoms with E-state index in [-0.39, 0.29) is 0 Å². The fourth-order valence-corrected chi connectivity index (χ4v) is 3.31. The van der Waals surface area contributed by atoms with Crippen molar-refractivity contribution >= 4 is 11.0 Å². The summed E-state index contributed by atoms with van der Waals surface area (Å²) in [6.45, 7) is 15.8. The number of rotatable bonds is 4. The molecule has 1 aromatic heterocycles. The molecule has 0 bridgehead atoms. The molecule has 0 saturated carbocycles. The molecule has 0 atom stereocenters. The Morgan fingerprint density at radius 3 is 2.55 bits per heavy atom. The highest BCUT2D eigenvalue weighted by atomic mass is 16.3. The Kier molecular flexibility index (Phi) is 4.25. The SMILES string of the molecule is C=C(CC)N1CCN(Cc2cc3cc(C)cc(C)c3o2)CC1. The minimum absolute atomic E-state index is 0.902. The van der Waals surface area contributed by atoms with Gasteiger partial charge in [-0.1, -0.05) is 25.1 Å². The molecular formula is C19H26N2O. The van der Waals surface area contributed by atoms with Crippen LogP contribution in [0, 0.1) is 13.8 Å². The lowest BCUT2D eigenvalue weighted by Gasteiger charge is -2.36. The van der Waals surface area contributed by atoms with Gasteiger partial charge in [-0.25, -0.2) is 0 Å². The number of benzene rings is 1. The van der Waals surface area contributed by atoms with Crippen LogP contribution in [-0.2, 0) is 6.54 Å². The molecule has 1 aliphatic rings. The number of fused-ring (bicyclic) bond motifs is 1. The van der Waals surface area contributed by atoms with Gasteiger partial charge in [-0.05, 0) is 38.0 Å². The molecule has 0 unspecified atom stereocenters. The molecule has 1 saturated heterocycles. The van der Waals surface area contributed by atoms with Crippen molar-refractivity contribution < 1.29 is 4.42 Å². The third-order valence-corrected chi connectivity index (χ3v) is 4.60. The normalized spacial score (nSPS) is 16.4. The van der Waals surface area contributed by atoms with Crippen molar-refractivity contribution in [2.75, 3.05) is 26.2 Å². The molecule has 3 nitrogen and oxygen atoms in total. The van der Waals surface area contributed by atoms with Gasteiger partial charge in [0, 0.05) is 37.3 Å². The van der Waals surface area contributed by atoms with E-state index < -0.39 is 0 Å². The van der Waals surface area contributed by atoms with E-state index >= 15 is 0 Å². The smallest absolute Gasteiger partial charge is 0.137 e. The fraction of sp³-hybridized carbons (Fsp3) is 0.474. The standard InChI is InChI=1S/C19H26N2O/c1-5-16(4)21-8-6-20(7-9-21)13-18-12-17-11-14(2)10-15(3)19(17)22-18/h10-12H,4-9,13H2,1-3H3. The van der Waals surface area contributed by atoms with Gasteiger partial charge in [0.25, 0.3) is 0 Å². The summed E-state index contributed by atoms with van der Waals surface area (Å²) in [4.78, 5) is 4.88. The van der Waals surface area contributed by atoms with E-state index in [1.165, 1.54) is 22.2 Å². The van der Waals surface area contributed by atoms with E-state index in [1.807, 2.05) is 0 Å². The Bertz CT molecular complexity index is 678. The minimum atomic E-state index is 0.902. The maximum atomic E-state index is 6.08. The molecule has 118 valence electrons. The van der Waals surface area contributed by atoms with Gasteiger partial charge < -0.3 is 9.32 Å². The number of hydrogen-bond acceptors (Lipinski definition) is 3. The second-order valence-electron chi connectivity index (χ2n) is 6.40. The van der Waals surface area contributed by atoms with Crippen LogP contribution < -0.4 is 0 Å². The first-order chi connectivity index (χ1) is 10.6. The van der Waals surface area contributed by atoms with Crippen molar-refractivity contribution in [3.8, 4) is 0 Å². The monoisotopic (exact) mass is 298 g/mol. The minimum Gasteiger partial charge on any atom is -0.459 e. The lowest BCUT2D eigenvalue weighted by atomic mass is 10.1. The van der Waals surface area contributed by atoms with Crippen molar-refractivity contribution in [3.05, 3.63) is 47.4 Å². The second-order valence-corrected chi connectivity index (χ2v) is 6.40. The molecule has 0 N–H and O–H groups in total. The molecule has 0 spiro atoms. The molecule has 2 aromatic rings. The van der Waals surface area contributed by atoms with Crippen LogP contribution in [-0.4, -0.2) is 36.0 Å². The third kappa shape index (κ3) is 3.05. The second kappa shape index (κ2) is 6.17. The first kappa shape index (κ1) is 15.2. The predicted molar refractivity (Wildman–Crippen MR) is 92.0 cm³/mol. The molecule has 0 radical (unpaired) electrons. The number of allylic oxidation sites excluding steroid dienone is 1. The fourth-order valence-electron chi connectivity index (χ4n) is 3.31. The van der Waals surface area contributed by atoms with Crippen LogP contribution in [0.4, 0.5) is 0 Å². The van der Waals surface area contributed by atoms with Crippen LogP contribution in [0.3, 0.4) is 0 Å². The van der Waals surface area contributed by atoms with E-state index in [4.69, 9.17) is 4.42 Å². The quantitative estimate of drug-likeness (QED) is 0.847. The zero-order valence-electron chi connectivity index (χ0n) is 14.0. The van der Waals surface area contributed by atoms with Gasteiger partial charge in [0.05, 0.1) is 6.54 Å². The van der Waals surface area contributed by atoms with Gasteiger partial charge in [0.15, 0.2) is 0 Å². The van der Waals surface area contributed by atoms with Crippen LogP contribution in [0.5, 0.6) is 0 Å². The first-order valence-corrected chi connectivity index (χ1v) is 8.21. The van der Waals surface area contributed by atoms with Crippen molar-refractivity contribution in [2.24, 2.45) is 0 Å². The van der Waals surface area contributed by atoms with Crippen molar-refractivity contribution in [3.63, 3.8) is 0 Å². The average Bonchev–Trinajstić information content (AvgIpc) is 2.90. The molecule has 1 fully saturated rings. The molecule has 3 heteroatoms. The topological polar surface area (TPSA) is 19.6 Å². The summed E-state index contributed by atoms with van der Waals surface area (Å²) >= 11 is 0. The third-order valence-electron chi connectivity index (χ3n) is 4.60. The molecule has 1 aromatic carbocycles. The molecule has 22 heavy (non-hydrogen) atoms. The molecule has 3 rings (SSSR count). The van der Waals surface area contributed by atoms with Gasteiger partial charge >= 0.3 is 0 Å². The Morgan fingerprint density at radius 2 is 1.86 bits per heavy atom. The maximum Gasteiger partial charge on any atom is 0.137 e. The number of piperazine rings is 1. The highest BCUT2D eigenvalue weighted by molar-refractivity contribution is 5.81.